The van der Waals surface area contributed by atoms with E-state index < -0.39 is 0 Å². The summed E-state index contributed by atoms with van der Waals surface area (Å²) in [6, 6.07) is 0. The van der Waals surface area contributed by atoms with Crippen LogP contribution in [0.15, 0.2) is 6.20 Å². The van der Waals surface area contributed by atoms with Crippen LogP contribution in [0, 0.1) is 13.8 Å². The number of aromatic nitrogens is 2. The average Bonchev–Trinajstić information content (AvgIpc) is 2.04. The van der Waals surface area contributed by atoms with E-state index in [4.69, 9.17) is 0 Å². The third kappa shape index (κ3) is 2.22. The van der Waals surface area contributed by atoms with E-state index in [1.807, 2.05) is 0 Å². The van der Waals surface area contributed by atoms with Gasteiger partial charge in [-0.3, -0.25) is 9.63 Å². The molecule has 1 amide bonds. The lowest BCUT2D eigenvalue weighted by atomic mass is 10.2. The highest BCUT2D eigenvalue weighted by Crippen LogP contribution is 2.02. The maximum atomic E-state index is 11.3. The maximum absolute atomic E-state index is 11.3. The number of hydrogen-bond donors (Lipinski definition) is 1. The third-order valence-corrected chi connectivity index (χ3v) is 1.54. The summed E-state index contributed by atoms with van der Waals surface area (Å²) in [5, 5.41) is 0. The summed E-state index contributed by atoms with van der Waals surface area (Å²) in [6.07, 6.45) is 1.48. The van der Waals surface area contributed by atoms with E-state index in [1.54, 1.807) is 13.8 Å². The van der Waals surface area contributed by atoms with E-state index in [9.17, 15) is 4.79 Å². The molecule has 1 heterocycles. The minimum absolute atomic E-state index is 0.333. The predicted octanol–water partition coefficient (Wildman–Crippen LogP) is 0.385. The van der Waals surface area contributed by atoms with Gasteiger partial charge in [-0.25, -0.2) is 15.4 Å². The summed E-state index contributed by atoms with van der Waals surface area (Å²) in [5.41, 5.74) is 3.27. The number of nitrogens with one attached hydrogen (secondary N) is 1. The van der Waals surface area contributed by atoms with Crippen molar-refractivity contribution < 1.29 is 9.63 Å². The molecule has 0 radical (unpaired) electrons. The van der Waals surface area contributed by atoms with Crippen LogP contribution in [0.2, 0.25) is 0 Å². The van der Waals surface area contributed by atoms with Crippen molar-refractivity contribution >= 4 is 5.91 Å². The zero-order valence-corrected chi connectivity index (χ0v) is 7.79. The fraction of sp³-hybridized carbons (Fsp3) is 0.375. The van der Waals surface area contributed by atoms with Gasteiger partial charge in [-0.15, -0.1) is 0 Å². The summed E-state index contributed by atoms with van der Waals surface area (Å²) in [7, 11) is 1.38. The first-order chi connectivity index (χ1) is 6.15. The van der Waals surface area contributed by atoms with Crippen molar-refractivity contribution in [1.82, 2.24) is 15.4 Å². The molecule has 0 unspecified atom stereocenters. The SMILES string of the molecule is CONC(=O)c1cnc(C)nc1C. The van der Waals surface area contributed by atoms with E-state index in [1.165, 1.54) is 13.3 Å². The van der Waals surface area contributed by atoms with Gasteiger partial charge in [0.15, 0.2) is 0 Å². The monoisotopic (exact) mass is 181 g/mol. The smallest absolute Gasteiger partial charge is 0.277 e. The second-order valence-electron chi connectivity index (χ2n) is 2.55. The average molecular weight is 181 g/mol. The lowest BCUT2D eigenvalue weighted by molar-refractivity contribution is 0.0536. The molecule has 0 aliphatic rings. The van der Waals surface area contributed by atoms with Crippen molar-refractivity contribution in [3.63, 3.8) is 0 Å². The van der Waals surface area contributed by atoms with Crippen LogP contribution in [0.1, 0.15) is 21.9 Å². The Morgan fingerprint density at radius 2 is 2.23 bits per heavy atom. The van der Waals surface area contributed by atoms with E-state index in [0.717, 1.165) is 0 Å². The number of carbonyl (C=O) groups is 1. The Bertz CT molecular complexity index is 325. The number of hydrogen-bond acceptors (Lipinski definition) is 4. The van der Waals surface area contributed by atoms with Gasteiger partial charge in [-0.2, -0.15) is 0 Å². The largest absolute Gasteiger partial charge is 0.278 e. The first-order valence-corrected chi connectivity index (χ1v) is 3.78. The van der Waals surface area contributed by atoms with Crippen molar-refractivity contribution in [3.05, 3.63) is 23.3 Å². The van der Waals surface area contributed by atoms with Crippen LogP contribution in [-0.2, 0) is 4.84 Å². The summed E-state index contributed by atoms with van der Waals surface area (Å²) in [5.74, 6) is 0.312. The van der Waals surface area contributed by atoms with Crippen LogP contribution < -0.4 is 5.48 Å². The molecule has 0 aliphatic carbocycles. The first kappa shape index (κ1) is 9.60. The van der Waals surface area contributed by atoms with Crippen LogP contribution in [0.4, 0.5) is 0 Å². The highest BCUT2D eigenvalue weighted by atomic mass is 16.6. The summed E-state index contributed by atoms with van der Waals surface area (Å²) in [4.78, 5) is 23.7. The number of aryl methyl sites for hydroxylation is 2. The highest BCUT2D eigenvalue weighted by molar-refractivity contribution is 5.94. The molecule has 13 heavy (non-hydrogen) atoms. The molecule has 0 atom stereocenters. The minimum Gasteiger partial charge on any atom is -0.277 e. The van der Waals surface area contributed by atoms with Crippen molar-refractivity contribution in [3.8, 4) is 0 Å². The Hall–Kier alpha value is -1.49. The van der Waals surface area contributed by atoms with Gasteiger partial charge in [0, 0.05) is 6.20 Å². The molecule has 0 saturated heterocycles. The Kier molecular flexibility index (Phi) is 2.92. The molecule has 1 N–H and O–H groups in total. The highest BCUT2D eigenvalue weighted by Gasteiger charge is 2.09. The summed E-state index contributed by atoms with van der Waals surface area (Å²) in [6.45, 7) is 3.52. The summed E-state index contributed by atoms with van der Waals surface area (Å²) >= 11 is 0. The Morgan fingerprint density at radius 3 is 2.77 bits per heavy atom. The molecule has 0 fully saturated rings. The fourth-order valence-electron chi connectivity index (χ4n) is 0.954. The molecule has 0 aromatic carbocycles. The molecule has 0 bridgehead atoms. The van der Waals surface area contributed by atoms with Gasteiger partial charge in [0.05, 0.1) is 18.4 Å². The van der Waals surface area contributed by atoms with Gasteiger partial charge < -0.3 is 0 Å². The molecule has 0 aliphatic heterocycles. The predicted molar refractivity (Wildman–Crippen MR) is 46.0 cm³/mol. The van der Waals surface area contributed by atoms with E-state index in [2.05, 4.69) is 20.3 Å². The van der Waals surface area contributed by atoms with Gasteiger partial charge in [-0.05, 0) is 13.8 Å². The molecule has 1 rings (SSSR count). The molecule has 0 saturated carbocycles. The number of nitrogens with zero attached hydrogens (tertiary/aromatic N) is 2. The van der Waals surface area contributed by atoms with Crippen LogP contribution in [0.3, 0.4) is 0 Å². The van der Waals surface area contributed by atoms with Crippen LogP contribution in [-0.4, -0.2) is 23.0 Å². The van der Waals surface area contributed by atoms with E-state index in [-0.39, 0.29) is 5.91 Å². The molecular formula is C8H11N3O2. The van der Waals surface area contributed by atoms with Gasteiger partial charge >= 0.3 is 0 Å². The zero-order chi connectivity index (χ0) is 9.84. The molecule has 0 spiro atoms. The Balaban J connectivity index is 2.95. The zero-order valence-electron chi connectivity index (χ0n) is 7.79. The van der Waals surface area contributed by atoms with Crippen molar-refractivity contribution in [1.29, 1.82) is 0 Å². The number of carbonyl (C=O) groups excluding carboxylic acids is 1. The van der Waals surface area contributed by atoms with Crippen molar-refractivity contribution in [2.75, 3.05) is 7.11 Å². The number of rotatable bonds is 2. The van der Waals surface area contributed by atoms with Gasteiger partial charge in [0.2, 0.25) is 0 Å². The Morgan fingerprint density at radius 1 is 1.54 bits per heavy atom. The second kappa shape index (κ2) is 3.95. The van der Waals surface area contributed by atoms with Crippen molar-refractivity contribution in [2.24, 2.45) is 0 Å². The third-order valence-electron chi connectivity index (χ3n) is 1.54. The normalized spacial score (nSPS) is 9.77. The van der Waals surface area contributed by atoms with Gasteiger partial charge in [0.1, 0.15) is 5.82 Å². The molecule has 70 valence electrons. The number of hydroxylamine groups is 1. The minimum atomic E-state index is -0.333. The standard InChI is InChI=1S/C8H11N3O2/c1-5-7(8(12)11-13-3)4-9-6(2)10-5/h4H,1-3H3,(H,11,12). The van der Waals surface area contributed by atoms with Crippen LogP contribution in [0.25, 0.3) is 0 Å². The molecular weight excluding hydrogens is 170 g/mol. The Labute approximate surface area is 76.1 Å². The number of amides is 1. The first-order valence-electron chi connectivity index (χ1n) is 3.78. The van der Waals surface area contributed by atoms with Gasteiger partial charge in [-0.1, -0.05) is 0 Å². The fourth-order valence-corrected chi connectivity index (χ4v) is 0.954. The second-order valence-corrected chi connectivity index (χ2v) is 2.55. The van der Waals surface area contributed by atoms with E-state index in [0.29, 0.717) is 17.1 Å². The molecule has 1 aromatic heterocycles. The summed E-state index contributed by atoms with van der Waals surface area (Å²) < 4.78 is 0. The van der Waals surface area contributed by atoms with Crippen LogP contribution in [0.5, 0.6) is 0 Å². The van der Waals surface area contributed by atoms with E-state index >= 15 is 0 Å². The topological polar surface area (TPSA) is 64.1 Å². The molecule has 5 heteroatoms. The molecule has 1 aromatic rings. The maximum Gasteiger partial charge on any atom is 0.278 e. The van der Waals surface area contributed by atoms with Crippen molar-refractivity contribution in [2.45, 2.75) is 13.8 Å². The lowest BCUT2D eigenvalue weighted by Gasteiger charge is -2.04. The lowest BCUT2D eigenvalue weighted by Crippen LogP contribution is -2.23. The quantitative estimate of drug-likeness (QED) is 0.670. The van der Waals surface area contributed by atoms with Gasteiger partial charge in [0.25, 0.3) is 5.91 Å². The van der Waals surface area contributed by atoms with Crippen LogP contribution >= 0.6 is 0 Å². The molecule has 5 nitrogen and oxygen atoms in total.